The molecule has 0 radical (unpaired) electrons. The lowest BCUT2D eigenvalue weighted by molar-refractivity contribution is 0.167. The molecule has 94 valence electrons. The van der Waals surface area contributed by atoms with Gasteiger partial charge in [-0.05, 0) is 30.7 Å². The molecule has 0 amide bonds. The van der Waals surface area contributed by atoms with E-state index in [-0.39, 0.29) is 16.2 Å². The Morgan fingerprint density at radius 3 is 2.71 bits per heavy atom. The van der Waals surface area contributed by atoms with Crippen LogP contribution in [0.1, 0.15) is 25.7 Å². The van der Waals surface area contributed by atoms with Crippen LogP contribution in [0, 0.1) is 11.2 Å². The van der Waals surface area contributed by atoms with Crippen molar-refractivity contribution in [1.29, 1.82) is 0 Å². The highest BCUT2D eigenvalue weighted by Crippen LogP contribution is 2.39. The van der Waals surface area contributed by atoms with Gasteiger partial charge in [0.15, 0.2) is 11.6 Å². The van der Waals surface area contributed by atoms with E-state index in [1.54, 1.807) is 12.1 Å². The normalized spacial score (nSPS) is 18.3. The van der Waals surface area contributed by atoms with Crippen LogP contribution in [0.15, 0.2) is 18.2 Å². The summed E-state index contributed by atoms with van der Waals surface area (Å²) in [4.78, 5) is 0. The van der Waals surface area contributed by atoms with Gasteiger partial charge in [-0.2, -0.15) is 12.6 Å². The molecule has 0 aromatic heterocycles. The lowest BCUT2D eigenvalue weighted by Gasteiger charge is -2.26. The van der Waals surface area contributed by atoms with Gasteiger partial charge in [-0.1, -0.05) is 30.5 Å². The van der Waals surface area contributed by atoms with E-state index in [1.165, 1.54) is 18.9 Å². The van der Waals surface area contributed by atoms with Crippen molar-refractivity contribution in [2.75, 3.05) is 12.4 Å². The fourth-order valence-corrected chi connectivity index (χ4v) is 2.87. The summed E-state index contributed by atoms with van der Waals surface area (Å²) in [6, 6.07) is 4.83. The van der Waals surface area contributed by atoms with Crippen LogP contribution in [0.4, 0.5) is 4.39 Å². The minimum absolute atomic E-state index is 0.105. The van der Waals surface area contributed by atoms with Crippen molar-refractivity contribution in [1.82, 2.24) is 0 Å². The Hall–Kier alpha value is -0.410. The Labute approximate surface area is 112 Å². The SMILES string of the molecule is Fc1c(Cl)cccc1OCC1(CS)CCCC1. The first-order valence-electron chi connectivity index (χ1n) is 5.85. The summed E-state index contributed by atoms with van der Waals surface area (Å²) < 4.78 is 19.2. The summed E-state index contributed by atoms with van der Waals surface area (Å²) in [6.07, 6.45) is 4.64. The summed E-state index contributed by atoms with van der Waals surface area (Å²) in [5.41, 5.74) is 0.109. The first-order chi connectivity index (χ1) is 8.17. The second kappa shape index (κ2) is 5.49. The van der Waals surface area contributed by atoms with Gasteiger partial charge in [-0.15, -0.1) is 0 Å². The van der Waals surface area contributed by atoms with Crippen LogP contribution < -0.4 is 4.74 Å². The standard InChI is InChI=1S/C13H16ClFOS/c14-10-4-3-5-11(12(10)15)16-8-13(9-17)6-1-2-7-13/h3-5,17H,1-2,6-9H2. The number of hydrogen-bond donors (Lipinski definition) is 1. The number of rotatable bonds is 4. The molecule has 0 aliphatic heterocycles. The van der Waals surface area contributed by atoms with Gasteiger partial charge in [-0.25, -0.2) is 4.39 Å². The third kappa shape index (κ3) is 2.89. The molecule has 0 heterocycles. The third-order valence-corrected chi connectivity index (χ3v) is 4.41. The molecular formula is C13H16ClFOS. The van der Waals surface area contributed by atoms with Gasteiger partial charge in [0.25, 0.3) is 0 Å². The largest absolute Gasteiger partial charge is 0.490 e. The van der Waals surface area contributed by atoms with Crippen molar-refractivity contribution >= 4 is 24.2 Å². The number of ether oxygens (including phenoxy) is 1. The molecule has 0 spiro atoms. The van der Waals surface area contributed by atoms with Gasteiger partial charge in [0, 0.05) is 5.41 Å². The maximum atomic E-state index is 13.6. The molecule has 1 nitrogen and oxygen atoms in total. The van der Waals surface area contributed by atoms with Crippen LogP contribution in [0.2, 0.25) is 5.02 Å². The molecule has 1 fully saturated rings. The van der Waals surface area contributed by atoms with Gasteiger partial charge in [0.2, 0.25) is 0 Å². The van der Waals surface area contributed by atoms with Crippen molar-refractivity contribution in [2.24, 2.45) is 5.41 Å². The van der Waals surface area contributed by atoms with Crippen molar-refractivity contribution in [2.45, 2.75) is 25.7 Å². The molecule has 0 unspecified atom stereocenters. The summed E-state index contributed by atoms with van der Waals surface area (Å²) in [5.74, 6) is 0.557. The Morgan fingerprint density at radius 2 is 2.06 bits per heavy atom. The van der Waals surface area contributed by atoms with Crippen LogP contribution in [0.5, 0.6) is 5.75 Å². The van der Waals surface area contributed by atoms with E-state index in [2.05, 4.69) is 12.6 Å². The summed E-state index contributed by atoms with van der Waals surface area (Å²) in [5, 5.41) is 0.105. The van der Waals surface area contributed by atoms with Crippen LogP contribution >= 0.6 is 24.2 Å². The smallest absolute Gasteiger partial charge is 0.183 e. The zero-order valence-electron chi connectivity index (χ0n) is 9.59. The second-order valence-corrected chi connectivity index (χ2v) is 5.43. The van der Waals surface area contributed by atoms with E-state index >= 15 is 0 Å². The Balaban J connectivity index is 2.04. The molecule has 1 aromatic carbocycles. The lowest BCUT2D eigenvalue weighted by atomic mass is 9.90. The lowest BCUT2D eigenvalue weighted by Crippen LogP contribution is -2.27. The van der Waals surface area contributed by atoms with Gasteiger partial charge in [-0.3, -0.25) is 0 Å². The summed E-state index contributed by atoms with van der Waals surface area (Å²) >= 11 is 10.1. The molecule has 2 rings (SSSR count). The molecule has 1 saturated carbocycles. The van der Waals surface area contributed by atoms with Crippen molar-refractivity contribution in [3.05, 3.63) is 29.0 Å². The Kier molecular flexibility index (Phi) is 4.21. The number of thiol groups is 1. The van der Waals surface area contributed by atoms with Gasteiger partial charge < -0.3 is 4.74 Å². The molecule has 0 atom stereocenters. The maximum Gasteiger partial charge on any atom is 0.183 e. The molecule has 17 heavy (non-hydrogen) atoms. The van der Waals surface area contributed by atoms with E-state index in [0.29, 0.717) is 6.61 Å². The van der Waals surface area contributed by atoms with E-state index in [4.69, 9.17) is 16.3 Å². The number of halogens is 2. The first-order valence-corrected chi connectivity index (χ1v) is 6.86. The van der Waals surface area contributed by atoms with Crippen molar-refractivity contribution in [3.63, 3.8) is 0 Å². The zero-order chi connectivity index (χ0) is 12.3. The topological polar surface area (TPSA) is 9.23 Å². The van der Waals surface area contributed by atoms with E-state index in [9.17, 15) is 4.39 Å². The van der Waals surface area contributed by atoms with Crippen LogP contribution in [0.25, 0.3) is 0 Å². The first kappa shape index (κ1) is 13.0. The molecule has 4 heteroatoms. The molecule has 0 N–H and O–H groups in total. The molecule has 1 aliphatic carbocycles. The molecule has 0 saturated heterocycles. The fraction of sp³-hybridized carbons (Fsp3) is 0.538. The zero-order valence-corrected chi connectivity index (χ0v) is 11.2. The van der Waals surface area contributed by atoms with E-state index in [1.807, 2.05) is 0 Å². The molecule has 1 aliphatic rings. The minimum Gasteiger partial charge on any atom is -0.490 e. The average Bonchev–Trinajstić information content (AvgIpc) is 2.81. The van der Waals surface area contributed by atoms with Crippen LogP contribution in [-0.2, 0) is 0 Å². The second-order valence-electron chi connectivity index (χ2n) is 4.71. The van der Waals surface area contributed by atoms with Crippen LogP contribution in [-0.4, -0.2) is 12.4 Å². The molecule has 0 bridgehead atoms. The highest BCUT2D eigenvalue weighted by molar-refractivity contribution is 7.80. The number of benzene rings is 1. The summed E-state index contributed by atoms with van der Waals surface area (Å²) in [7, 11) is 0. The van der Waals surface area contributed by atoms with E-state index < -0.39 is 5.82 Å². The van der Waals surface area contributed by atoms with Gasteiger partial charge in [0.05, 0.1) is 11.6 Å². The molecule has 1 aromatic rings. The average molecular weight is 275 g/mol. The fourth-order valence-electron chi connectivity index (χ4n) is 2.30. The summed E-state index contributed by atoms with van der Waals surface area (Å²) in [6.45, 7) is 0.522. The number of hydrogen-bond acceptors (Lipinski definition) is 2. The highest BCUT2D eigenvalue weighted by Gasteiger charge is 2.33. The Bertz CT molecular complexity index is 391. The predicted molar refractivity (Wildman–Crippen MR) is 71.7 cm³/mol. The van der Waals surface area contributed by atoms with E-state index in [0.717, 1.165) is 18.6 Å². The van der Waals surface area contributed by atoms with Gasteiger partial charge >= 0.3 is 0 Å². The van der Waals surface area contributed by atoms with Gasteiger partial charge in [0.1, 0.15) is 0 Å². The minimum atomic E-state index is -0.471. The molecular weight excluding hydrogens is 259 g/mol. The predicted octanol–water partition coefficient (Wildman–Crippen LogP) is 4.35. The maximum absolute atomic E-state index is 13.6. The van der Waals surface area contributed by atoms with Crippen molar-refractivity contribution in [3.8, 4) is 5.75 Å². The third-order valence-electron chi connectivity index (χ3n) is 3.45. The van der Waals surface area contributed by atoms with Crippen molar-refractivity contribution < 1.29 is 9.13 Å². The monoisotopic (exact) mass is 274 g/mol. The van der Waals surface area contributed by atoms with Crippen LogP contribution in [0.3, 0.4) is 0 Å². The highest BCUT2D eigenvalue weighted by atomic mass is 35.5. The quantitative estimate of drug-likeness (QED) is 0.803. The Morgan fingerprint density at radius 1 is 1.35 bits per heavy atom.